The molecular weight excluding hydrogens is 390 g/mol. The van der Waals surface area contributed by atoms with E-state index < -0.39 is 0 Å². The first kappa shape index (κ1) is 19.0. The van der Waals surface area contributed by atoms with Gasteiger partial charge in [-0.2, -0.15) is 0 Å². The Kier molecular flexibility index (Phi) is 4.74. The SMILES string of the molecule is Cc1nc(-c2cccnc2)ncc1C(=O)N1Cc2nnc(-c3ccccc3)n2[C@@H](C)C1. The number of benzene rings is 1. The van der Waals surface area contributed by atoms with E-state index in [2.05, 4.69) is 36.6 Å². The predicted molar refractivity (Wildman–Crippen MR) is 115 cm³/mol. The topological polar surface area (TPSA) is 89.7 Å². The number of amides is 1. The monoisotopic (exact) mass is 411 g/mol. The summed E-state index contributed by atoms with van der Waals surface area (Å²) >= 11 is 0. The second-order valence-electron chi connectivity index (χ2n) is 7.64. The van der Waals surface area contributed by atoms with E-state index in [1.807, 2.05) is 49.4 Å². The summed E-state index contributed by atoms with van der Waals surface area (Å²) in [6.07, 6.45) is 5.01. The molecule has 4 heterocycles. The van der Waals surface area contributed by atoms with Gasteiger partial charge in [0.2, 0.25) is 0 Å². The van der Waals surface area contributed by atoms with Crippen molar-refractivity contribution in [2.24, 2.45) is 0 Å². The van der Waals surface area contributed by atoms with E-state index >= 15 is 0 Å². The zero-order valence-corrected chi connectivity index (χ0v) is 17.3. The summed E-state index contributed by atoms with van der Waals surface area (Å²) in [5.41, 5.74) is 2.97. The molecule has 0 spiro atoms. The van der Waals surface area contributed by atoms with Crippen LogP contribution in [0.3, 0.4) is 0 Å². The second-order valence-corrected chi connectivity index (χ2v) is 7.64. The predicted octanol–water partition coefficient (Wildman–Crippen LogP) is 3.32. The summed E-state index contributed by atoms with van der Waals surface area (Å²) in [6, 6.07) is 13.8. The summed E-state index contributed by atoms with van der Waals surface area (Å²) in [7, 11) is 0. The van der Waals surface area contributed by atoms with Gasteiger partial charge in [-0.15, -0.1) is 10.2 Å². The Morgan fingerprint density at radius 1 is 1.03 bits per heavy atom. The van der Waals surface area contributed by atoms with Gasteiger partial charge < -0.3 is 9.47 Å². The lowest BCUT2D eigenvalue weighted by molar-refractivity contribution is 0.0680. The Hall–Kier alpha value is -3.94. The molecule has 0 aliphatic carbocycles. The quantitative estimate of drug-likeness (QED) is 0.514. The molecule has 31 heavy (non-hydrogen) atoms. The van der Waals surface area contributed by atoms with E-state index in [0.717, 1.165) is 22.8 Å². The number of aryl methyl sites for hydroxylation is 1. The molecule has 0 saturated carbocycles. The average molecular weight is 411 g/mol. The third-order valence-electron chi connectivity index (χ3n) is 5.47. The summed E-state index contributed by atoms with van der Waals surface area (Å²) < 4.78 is 2.12. The van der Waals surface area contributed by atoms with E-state index in [0.29, 0.717) is 30.2 Å². The van der Waals surface area contributed by atoms with Gasteiger partial charge in [0.25, 0.3) is 5.91 Å². The van der Waals surface area contributed by atoms with Gasteiger partial charge in [-0.1, -0.05) is 30.3 Å². The number of rotatable bonds is 3. The highest BCUT2D eigenvalue weighted by molar-refractivity contribution is 5.95. The van der Waals surface area contributed by atoms with Gasteiger partial charge in [-0.05, 0) is 26.0 Å². The molecule has 0 saturated heterocycles. The van der Waals surface area contributed by atoms with Gasteiger partial charge in [0.05, 0.1) is 23.8 Å². The fourth-order valence-corrected chi connectivity index (χ4v) is 3.95. The van der Waals surface area contributed by atoms with Gasteiger partial charge in [-0.3, -0.25) is 9.78 Å². The largest absolute Gasteiger partial charge is 0.329 e. The highest BCUT2D eigenvalue weighted by Crippen LogP contribution is 2.28. The van der Waals surface area contributed by atoms with Crippen LogP contribution in [0.15, 0.2) is 61.1 Å². The Labute approximate surface area is 179 Å². The number of fused-ring (bicyclic) bond motifs is 1. The van der Waals surface area contributed by atoms with E-state index in [9.17, 15) is 4.79 Å². The first-order valence-corrected chi connectivity index (χ1v) is 10.1. The van der Waals surface area contributed by atoms with Crippen molar-refractivity contribution in [3.63, 3.8) is 0 Å². The number of hydrogen-bond acceptors (Lipinski definition) is 6. The van der Waals surface area contributed by atoms with Crippen LogP contribution in [0.4, 0.5) is 0 Å². The summed E-state index contributed by atoms with van der Waals surface area (Å²) in [4.78, 5) is 28.1. The van der Waals surface area contributed by atoms with Crippen molar-refractivity contribution < 1.29 is 4.79 Å². The fourth-order valence-electron chi connectivity index (χ4n) is 3.95. The van der Waals surface area contributed by atoms with Crippen molar-refractivity contribution in [2.45, 2.75) is 26.4 Å². The maximum absolute atomic E-state index is 13.3. The first-order valence-electron chi connectivity index (χ1n) is 10.1. The van der Waals surface area contributed by atoms with E-state index in [1.54, 1.807) is 23.5 Å². The van der Waals surface area contributed by atoms with Gasteiger partial charge in [0.15, 0.2) is 17.5 Å². The van der Waals surface area contributed by atoms with Crippen molar-refractivity contribution in [3.8, 4) is 22.8 Å². The molecule has 0 fully saturated rings. The summed E-state index contributed by atoms with van der Waals surface area (Å²) in [5, 5.41) is 8.76. The number of nitrogens with zero attached hydrogens (tertiary/aromatic N) is 7. The molecule has 1 amide bonds. The molecule has 0 unspecified atom stereocenters. The van der Waals surface area contributed by atoms with Gasteiger partial charge >= 0.3 is 0 Å². The maximum atomic E-state index is 13.3. The normalized spacial score (nSPS) is 15.5. The molecule has 4 aromatic rings. The standard InChI is InChI=1S/C23H21N7O/c1-15-13-29(14-20-27-28-22(30(15)20)17-7-4-3-5-8-17)23(31)19-12-25-21(26-16(19)2)18-9-6-10-24-11-18/h3-12,15H,13-14H2,1-2H3/t15-/m0/s1. The van der Waals surface area contributed by atoms with Crippen molar-refractivity contribution in [1.82, 2.24) is 34.6 Å². The fraction of sp³-hybridized carbons (Fsp3) is 0.217. The number of pyridine rings is 1. The number of carbonyl (C=O) groups excluding carboxylic acids is 1. The maximum Gasteiger partial charge on any atom is 0.257 e. The van der Waals surface area contributed by atoms with Gasteiger partial charge in [0.1, 0.15) is 0 Å². The molecular formula is C23H21N7O. The van der Waals surface area contributed by atoms with E-state index in [4.69, 9.17) is 0 Å². The molecule has 1 atom stereocenters. The zero-order chi connectivity index (χ0) is 21.4. The van der Waals surface area contributed by atoms with Crippen LogP contribution in [0.1, 0.15) is 34.8 Å². The van der Waals surface area contributed by atoms with Crippen LogP contribution in [0.5, 0.6) is 0 Å². The van der Waals surface area contributed by atoms with Gasteiger partial charge in [0, 0.05) is 36.3 Å². The van der Waals surface area contributed by atoms with Crippen LogP contribution in [-0.4, -0.2) is 47.1 Å². The van der Waals surface area contributed by atoms with Crippen molar-refractivity contribution in [2.75, 3.05) is 6.54 Å². The molecule has 0 N–H and O–H groups in total. The van der Waals surface area contributed by atoms with E-state index in [-0.39, 0.29) is 11.9 Å². The summed E-state index contributed by atoms with van der Waals surface area (Å²) in [5.74, 6) is 2.06. The van der Waals surface area contributed by atoms with Crippen LogP contribution >= 0.6 is 0 Å². The Morgan fingerprint density at radius 2 is 1.84 bits per heavy atom. The van der Waals surface area contributed by atoms with Crippen LogP contribution in [0.2, 0.25) is 0 Å². The molecule has 8 nitrogen and oxygen atoms in total. The van der Waals surface area contributed by atoms with Crippen LogP contribution < -0.4 is 0 Å². The number of hydrogen-bond donors (Lipinski definition) is 0. The molecule has 0 bridgehead atoms. The van der Waals surface area contributed by atoms with Crippen LogP contribution in [0, 0.1) is 6.92 Å². The average Bonchev–Trinajstić information content (AvgIpc) is 3.24. The molecule has 5 rings (SSSR count). The van der Waals surface area contributed by atoms with Crippen LogP contribution in [-0.2, 0) is 6.54 Å². The third kappa shape index (κ3) is 3.46. The minimum atomic E-state index is -0.0994. The lowest BCUT2D eigenvalue weighted by Crippen LogP contribution is -2.41. The van der Waals surface area contributed by atoms with Gasteiger partial charge in [-0.25, -0.2) is 9.97 Å². The molecule has 3 aromatic heterocycles. The van der Waals surface area contributed by atoms with Crippen molar-refractivity contribution in [1.29, 1.82) is 0 Å². The highest BCUT2D eigenvalue weighted by Gasteiger charge is 2.31. The van der Waals surface area contributed by atoms with Crippen molar-refractivity contribution >= 4 is 5.91 Å². The van der Waals surface area contributed by atoms with E-state index in [1.165, 1.54) is 0 Å². The minimum Gasteiger partial charge on any atom is -0.329 e. The van der Waals surface area contributed by atoms with Crippen LogP contribution in [0.25, 0.3) is 22.8 Å². The molecule has 1 aliphatic rings. The minimum absolute atomic E-state index is 0.0498. The number of aromatic nitrogens is 6. The molecule has 1 aliphatic heterocycles. The second kappa shape index (κ2) is 7.71. The first-order chi connectivity index (χ1) is 15.1. The highest BCUT2D eigenvalue weighted by atomic mass is 16.2. The summed E-state index contributed by atoms with van der Waals surface area (Å²) in [6.45, 7) is 4.87. The Balaban J connectivity index is 1.41. The van der Waals surface area contributed by atoms with Crippen molar-refractivity contribution in [3.05, 3.63) is 78.1 Å². The lowest BCUT2D eigenvalue weighted by atomic mass is 10.1. The molecule has 8 heteroatoms. The molecule has 154 valence electrons. The Morgan fingerprint density at radius 3 is 2.58 bits per heavy atom. The zero-order valence-electron chi connectivity index (χ0n) is 17.3. The lowest BCUT2D eigenvalue weighted by Gasteiger charge is -2.32. The third-order valence-corrected chi connectivity index (χ3v) is 5.47. The smallest absolute Gasteiger partial charge is 0.257 e. The molecule has 0 radical (unpaired) electrons. The number of carbonyl (C=O) groups is 1. The molecule has 1 aromatic carbocycles. The Bertz CT molecular complexity index is 1240.